The fourth-order valence-corrected chi connectivity index (χ4v) is 6.47. The van der Waals surface area contributed by atoms with Crippen LogP contribution in [0.3, 0.4) is 0 Å². The number of hydrogen-bond acceptors (Lipinski definition) is 14. The summed E-state index contributed by atoms with van der Waals surface area (Å²) in [7, 11) is 1.22. The van der Waals surface area contributed by atoms with E-state index in [0.717, 1.165) is 28.0 Å². The normalized spacial score (nSPS) is 18.5. The quantitative estimate of drug-likeness (QED) is 0.0562. The van der Waals surface area contributed by atoms with Crippen LogP contribution in [0.15, 0.2) is 27.0 Å². The Morgan fingerprint density at radius 2 is 2.05 bits per heavy atom. The topological polar surface area (TPSA) is 253 Å². The van der Waals surface area contributed by atoms with E-state index in [9.17, 15) is 29.1 Å². The minimum atomic E-state index is -1.62. The molecule has 200 valence electrons. The Morgan fingerprint density at radius 3 is 2.59 bits per heavy atom. The number of rotatable bonds is 10. The zero-order valence-corrected chi connectivity index (χ0v) is 24.4. The number of carboxylic acid groups (broad SMARTS) is 3. The average Bonchev–Trinajstić information content (AvgIpc) is 3.50. The predicted molar refractivity (Wildman–Crippen MR) is 130 cm³/mol. The largest absolute Gasteiger partial charge is 1.00 e. The van der Waals surface area contributed by atoms with Crippen LogP contribution < -0.4 is 45.7 Å². The first-order chi connectivity index (χ1) is 18.0. The van der Waals surface area contributed by atoms with Gasteiger partial charge in [0.25, 0.3) is 11.8 Å². The molecule has 39 heavy (non-hydrogen) atoms. The number of nitrogens with zero attached hydrogens (tertiary/aromatic N) is 4. The Morgan fingerprint density at radius 1 is 1.33 bits per heavy atom. The molecule has 2 atom stereocenters. The van der Waals surface area contributed by atoms with Crippen LogP contribution in [0.25, 0.3) is 0 Å². The first-order valence-corrected chi connectivity index (χ1v) is 13.2. The number of aromatic carboxylic acids is 2. The minimum absolute atomic E-state index is 0. The van der Waals surface area contributed by atoms with Crippen molar-refractivity contribution in [2.45, 2.75) is 16.6 Å². The standard InChI is InChI=1S/C19H17N7O9S3.Na/c1-35-25-7(6-4-37-18(20)21-6)12(27)22-10-13(28)26-11(17(33)34)5(2-36-14(10)26)3-38-19-23-8(15(29)30)9(24-19)16(31)32;/h4,10,14H,2-3H2,1H3,(H2,20,21)(H,22,27)(H,23,24)(H,29,30)(H,31,32)(H,33,34);/q;+1/p-1/b25-7+;/t10?,14-;/m1./s1. The van der Waals surface area contributed by atoms with Gasteiger partial charge >= 0.3 is 41.5 Å². The summed E-state index contributed by atoms with van der Waals surface area (Å²) in [5.74, 6) is -6.12. The van der Waals surface area contributed by atoms with E-state index in [1.54, 1.807) is 0 Å². The molecule has 2 aliphatic rings. The molecule has 20 heteroatoms. The number of thiazole rings is 1. The van der Waals surface area contributed by atoms with Crippen LogP contribution in [0.4, 0.5) is 5.13 Å². The Kier molecular flexibility index (Phi) is 9.67. The maximum Gasteiger partial charge on any atom is 1.00 e. The number of aliphatic carboxylic acids is 1. The number of anilines is 1. The number of hydrogen-bond donors (Lipinski definition) is 5. The molecule has 0 spiro atoms. The molecule has 0 aliphatic carbocycles. The van der Waals surface area contributed by atoms with Crippen LogP contribution in [-0.4, -0.2) is 95.5 Å². The van der Waals surface area contributed by atoms with E-state index in [1.165, 1.54) is 24.3 Å². The minimum Gasteiger partial charge on any atom is -0.543 e. The van der Waals surface area contributed by atoms with Crippen molar-refractivity contribution >= 4 is 75.4 Å². The second-order valence-electron chi connectivity index (χ2n) is 7.46. The molecule has 0 radical (unpaired) electrons. The van der Waals surface area contributed by atoms with Crippen LogP contribution in [0.5, 0.6) is 0 Å². The summed E-state index contributed by atoms with van der Waals surface area (Å²) in [4.78, 5) is 75.9. The smallest absolute Gasteiger partial charge is 0.543 e. The van der Waals surface area contributed by atoms with Crippen LogP contribution >= 0.6 is 34.9 Å². The van der Waals surface area contributed by atoms with E-state index in [0.29, 0.717) is 0 Å². The Hall–Kier alpha value is -3.10. The van der Waals surface area contributed by atoms with Crippen LogP contribution in [0.1, 0.15) is 26.7 Å². The number of carbonyl (C=O) groups is 5. The van der Waals surface area contributed by atoms with Gasteiger partial charge in [0.05, 0.1) is 11.7 Å². The number of nitrogens with two attached hydrogens (primary N) is 1. The number of oxime groups is 1. The summed E-state index contributed by atoms with van der Waals surface area (Å²) < 4.78 is 0. The summed E-state index contributed by atoms with van der Waals surface area (Å²) in [5.41, 5.74) is 4.07. The number of carboxylic acids is 3. The van der Waals surface area contributed by atoms with Crippen molar-refractivity contribution < 1.29 is 73.7 Å². The summed E-state index contributed by atoms with van der Waals surface area (Å²) in [6.45, 7) is 0. The molecule has 1 fully saturated rings. The molecule has 0 bridgehead atoms. The number of β-lactam (4-membered cyclic amide) rings is 1. The molecule has 6 N–H and O–H groups in total. The molecule has 4 rings (SSSR count). The van der Waals surface area contributed by atoms with Crippen molar-refractivity contribution in [3.8, 4) is 0 Å². The number of nitrogens with one attached hydrogen (secondary N) is 2. The van der Waals surface area contributed by atoms with Gasteiger partial charge in [0.15, 0.2) is 27.4 Å². The fourth-order valence-electron chi connectivity index (χ4n) is 3.57. The van der Waals surface area contributed by atoms with Gasteiger partial charge in [-0.25, -0.2) is 19.6 Å². The molecule has 2 aromatic rings. The average molecular weight is 606 g/mol. The van der Waals surface area contributed by atoms with Crippen molar-refractivity contribution in [1.29, 1.82) is 0 Å². The monoisotopic (exact) mass is 605 g/mol. The molecule has 1 unspecified atom stereocenters. The number of aromatic amines is 1. The van der Waals surface area contributed by atoms with Crippen molar-refractivity contribution in [3.05, 3.63) is 33.7 Å². The van der Waals surface area contributed by atoms with Crippen LogP contribution in [0.2, 0.25) is 0 Å². The van der Waals surface area contributed by atoms with E-state index in [1.807, 2.05) is 0 Å². The maximum atomic E-state index is 12.9. The number of nitrogen functional groups attached to an aromatic ring is 1. The molecular weight excluding hydrogens is 589 g/mol. The van der Waals surface area contributed by atoms with Crippen LogP contribution in [0, 0.1) is 0 Å². The third-order valence-electron chi connectivity index (χ3n) is 5.17. The number of amides is 2. The Balaban J connectivity index is 0.00000420. The second-order valence-corrected chi connectivity index (χ2v) is 10.4. The van der Waals surface area contributed by atoms with Gasteiger partial charge in [-0.05, 0) is 5.57 Å². The molecule has 2 amide bonds. The molecule has 1 saturated heterocycles. The van der Waals surface area contributed by atoms with Gasteiger partial charge in [-0.15, -0.1) is 23.1 Å². The third-order valence-corrected chi connectivity index (χ3v) is 8.14. The van der Waals surface area contributed by atoms with Crippen molar-refractivity contribution in [3.63, 3.8) is 0 Å². The predicted octanol–water partition coefficient (Wildman–Crippen LogP) is -4.60. The molecule has 0 aromatic carbocycles. The van der Waals surface area contributed by atoms with Crippen molar-refractivity contribution in [2.75, 3.05) is 24.3 Å². The number of aromatic nitrogens is 3. The van der Waals surface area contributed by atoms with Gasteiger partial charge in [0, 0.05) is 16.9 Å². The van der Waals surface area contributed by atoms with Crippen molar-refractivity contribution in [2.24, 2.45) is 5.16 Å². The van der Waals surface area contributed by atoms with E-state index < -0.39 is 58.2 Å². The van der Waals surface area contributed by atoms with Crippen molar-refractivity contribution in [1.82, 2.24) is 25.2 Å². The van der Waals surface area contributed by atoms with Gasteiger partial charge in [-0.3, -0.25) is 14.5 Å². The maximum absolute atomic E-state index is 12.9. The van der Waals surface area contributed by atoms with E-state index in [-0.39, 0.29) is 68.3 Å². The molecule has 16 nitrogen and oxygen atoms in total. The number of H-pyrrole nitrogens is 1. The second kappa shape index (κ2) is 12.4. The summed E-state index contributed by atoms with van der Waals surface area (Å²) in [5, 5.41) is 37.2. The van der Waals surface area contributed by atoms with Gasteiger partial charge in [-0.1, -0.05) is 16.9 Å². The Labute approximate surface area is 252 Å². The fraction of sp³-hybridized carbons (Fsp3) is 0.263. The molecular formula is C19H16N7NaO9S3. The summed E-state index contributed by atoms with van der Waals surface area (Å²) in [6.07, 6.45) is 0. The SMILES string of the molecule is CO/N=C(/C(=O)NC1C(=O)N2C(C(=O)[O-])=C(CSc3nc(C(=O)O)c(C(=O)O)[nH]3)CS[C@H]12)c1csc(N)n1.[Na+]. The van der Waals surface area contributed by atoms with E-state index in [2.05, 4.69) is 25.4 Å². The van der Waals surface area contributed by atoms with E-state index >= 15 is 0 Å². The Bertz CT molecular complexity index is 1390. The van der Waals surface area contributed by atoms with E-state index in [4.69, 9.17) is 20.8 Å². The zero-order valence-electron chi connectivity index (χ0n) is 20.0. The number of carbonyl (C=O) groups excluding carboxylic acids is 3. The number of imidazole rings is 1. The molecule has 2 aliphatic heterocycles. The van der Waals surface area contributed by atoms with Gasteiger partial charge in [-0.2, -0.15) is 0 Å². The molecule has 4 heterocycles. The summed E-state index contributed by atoms with van der Waals surface area (Å²) >= 11 is 3.11. The van der Waals surface area contributed by atoms with Crippen LogP contribution in [-0.2, 0) is 19.2 Å². The third kappa shape index (κ3) is 6.07. The summed E-state index contributed by atoms with van der Waals surface area (Å²) in [6, 6.07) is -1.07. The molecule has 0 saturated carbocycles. The first kappa shape index (κ1) is 30.4. The zero-order chi connectivity index (χ0) is 27.7. The van der Waals surface area contributed by atoms with Gasteiger partial charge in [0.2, 0.25) is 0 Å². The molecule has 2 aromatic heterocycles. The van der Waals surface area contributed by atoms with Gasteiger partial charge in [0.1, 0.15) is 24.2 Å². The van der Waals surface area contributed by atoms with Gasteiger partial charge < -0.3 is 41.0 Å². The number of fused-ring (bicyclic) bond motifs is 1. The first-order valence-electron chi connectivity index (χ1n) is 10.2. The number of thioether (sulfide) groups is 2.